The van der Waals surface area contributed by atoms with Crippen molar-refractivity contribution in [2.24, 2.45) is 5.73 Å². The first-order valence-electron chi connectivity index (χ1n) is 5.60. The summed E-state index contributed by atoms with van der Waals surface area (Å²) in [7, 11) is 0. The van der Waals surface area contributed by atoms with E-state index in [4.69, 9.17) is 5.73 Å². The zero-order valence-electron chi connectivity index (χ0n) is 10.2. The molecule has 17 heavy (non-hydrogen) atoms. The van der Waals surface area contributed by atoms with Gasteiger partial charge in [0.2, 0.25) is 0 Å². The van der Waals surface area contributed by atoms with Crippen molar-refractivity contribution in [3.63, 3.8) is 0 Å². The largest absolute Gasteiger partial charge is 0.330 e. The van der Waals surface area contributed by atoms with Crippen LogP contribution in [0.1, 0.15) is 24.5 Å². The summed E-state index contributed by atoms with van der Waals surface area (Å²) in [4.78, 5) is 10.5. The van der Waals surface area contributed by atoms with Gasteiger partial charge in [0.05, 0.1) is 4.92 Å². The number of nitrogens with two attached hydrogens (primary N) is 1. The standard InChI is InChI=1S/C12H18N2O2S/c1-9(6-7-13)17-8-11-4-3-5-12(10(11)2)14(15)16/h3-5,9H,6-8,13H2,1-2H3. The zero-order chi connectivity index (χ0) is 12.8. The molecule has 2 N–H and O–H groups in total. The Morgan fingerprint density at radius 3 is 2.82 bits per heavy atom. The summed E-state index contributed by atoms with van der Waals surface area (Å²) in [6.07, 6.45) is 0.971. The summed E-state index contributed by atoms with van der Waals surface area (Å²) >= 11 is 1.79. The molecule has 0 heterocycles. The monoisotopic (exact) mass is 254 g/mol. The van der Waals surface area contributed by atoms with Gasteiger partial charge in [-0.05, 0) is 25.5 Å². The summed E-state index contributed by atoms with van der Waals surface area (Å²) in [5, 5.41) is 11.3. The Bertz CT molecular complexity index is 396. The highest BCUT2D eigenvalue weighted by molar-refractivity contribution is 7.99. The van der Waals surface area contributed by atoms with Gasteiger partial charge in [0.1, 0.15) is 0 Å². The summed E-state index contributed by atoms with van der Waals surface area (Å²) < 4.78 is 0. The molecule has 0 aliphatic rings. The molecule has 0 aromatic heterocycles. The number of nitrogens with zero attached hydrogens (tertiary/aromatic N) is 1. The Kier molecular flexibility index (Phi) is 5.44. The molecule has 1 atom stereocenters. The average Bonchev–Trinajstić information content (AvgIpc) is 2.27. The van der Waals surface area contributed by atoms with Crippen LogP contribution in [-0.2, 0) is 5.75 Å². The molecule has 4 nitrogen and oxygen atoms in total. The van der Waals surface area contributed by atoms with E-state index in [1.54, 1.807) is 23.9 Å². The number of thioether (sulfide) groups is 1. The van der Waals surface area contributed by atoms with Crippen molar-refractivity contribution in [1.29, 1.82) is 0 Å². The second-order valence-corrected chi connectivity index (χ2v) is 5.44. The Morgan fingerprint density at radius 1 is 1.53 bits per heavy atom. The van der Waals surface area contributed by atoms with Crippen LogP contribution in [0, 0.1) is 17.0 Å². The number of benzene rings is 1. The molecule has 0 radical (unpaired) electrons. The van der Waals surface area contributed by atoms with Gasteiger partial charge in [-0.2, -0.15) is 11.8 Å². The van der Waals surface area contributed by atoms with Crippen LogP contribution in [0.5, 0.6) is 0 Å². The van der Waals surface area contributed by atoms with Crippen LogP contribution in [0.3, 0.4) is 0 Å². The van der Waals surface area contributed by atoms with E-state index in [0.29, 0.717) is 11.8 Å². The molecule has 0 amide bonds. The molecule has 1 aromatic rings. The van der Waals surface area contributed by atoms with Crippen molar-refractivity contribution in [1.82, 2.24) is 0 Å². The molecular weight excluding hydrogens is 236 g/mol. The lowest BCUT2D eigenvalue weighted by molar-refractivity contribution is -0.385. The molecule has 0 spiro atoms. The van der Waals surface area contributed by atoms with Gasteiger partial charge in [0.15, 0.2) is 0 Å². The maximum absolute atomic E-state index is 10.8. The highest BCUT2D eigenvalue weighted by Gasteiger charge is 2.13. The molecule has 0 saturated heterocycles. The van der Waals surface area contributed by atoms with Crippen LogP contribution < -0.4 is 5.73 Å². The average molecular weight is 254 g/mol. The van der Waals surface area contributed by atoms with E-state index < -0.39 is 0 Å². The van der Waals surface area contributed by atoms with Crippen LogP contribution in [0.2, 0.25) is 0 Å². The number of hydrogen-bond acceptors (Lipinski definition) is 4. The van der Waals surface area contributed by atoms with E-state index in [1.807, 2.05) is 13.0 Å². The highest BCUT2D eigenvalue weighted by Crippen LogP contribution is 2.26. The van der Waals surface area contributed by atoms with Crippen molar-refractivity contribution in [3.05, 3.63) is 39.4 Å². The van der Waals surface area contributed by atoms with Gasteiger partial charge in [-0.25, -0.2) is 0 Å². The van der Waals surface area contributed by atoms with E-state index in [-0.39, 0.29) is 10.6 Å². The van der Waals surface area contributed by atoms with E-state index in [1.165, 1.54) is 0 Å². The van der Waals surface area contributed by atoms with Gasteiger partial charge < -0.3 is 5.73 Å². The predicted molar refractivity (Wildman–Crippen MR) is 72.3 cm³/mol. The Morgan fingerprint density at radius 2 is 2.24 bits per heavy atom. The minimum absolute atomic E-state index is 0.203. The molecular formula is C12H18N2O2S. The number of hydrogen-bond donors (Lipinski definition) is 1. The van der Waals surface area contributed by atoms with Crippen molar-refractivity contribution in [2.75, 3.05) is 6.54 Å². The molecule has 0 aliphatic heterocycles. The molecule has 1 rings (SSSR count). The van der Waals surface area contributed by atoms with Crippen LogP contribution >= 0.6 is 11.8 Å². The SMILES string of the molecule is Cc1c(CSC(C)CCN)cccc1[N+](=O)[O-]. The fourth-order valence-electron chi connectivity index (χ4n) is 1.57. The number of nitro benzene ring substituents is 1. The molecule has 5 heteroatoms. The van der Waals surface area contributed by atoms with Crippen molar-refractivity contribution < 1.29 is 4.92 Å². The van der Waals surface area contributed by atoms with Crippen LogP contribution in [0.25, 0.3) is 0 Å². The van der Waals surface area contributed by atoms with E-state index in [0.717, 1.165) is 23.3 Å². The zero-order valence-corrected chi connectivity index (χ0v) is 11.0. The van der Waals surface area contributed by atoms with Gasteiger partial charge >= 0.3 is 0 Å². The molecule has 0 aliphatic carbocycles. The topological polar surface area (TPSA) is 69.2 Å². The molecule has 1 unspecified atom stereocenters. The third-order valence-corrected chi connectivity index (χ3v) is 3.99. The Hall–Kier alpha value is -1.07. The molecule has 1 aromatic carbocycles. The number of nitro groups is 1. The highest BCUT2D eigenvalue weighted by atomic mass is 32.2. The van der Waals surface area contributed by atoms with Crippen molar-refractivity contribution in [2.45, 2.75) is 31.3 Å². The van der Waals surface area contributed by atoms with E-state index >= 15 is 0 Å². The summed E-state index contributed by atoms with van der Waals surface area (Å²) in [6.45, 7) is 4.62. The first-order chi connectivity index (χ1) is 8.06. The summed E-state index contributed by atoms with van der Waals surface area (Å²) in [5.41, 5.74) is 7.50. The fourth-order valence-corrected chi connectivity index (χ4v) is 2.65. The van der Waals surface area contributed by atoms with Crippen LogP contribution in [0.4, 0.5) is 5.69 Å². The number of rotatable bonds is 6. The third kappa shape index (κ3) is 4.02. The second-order valence-electron chi connectivity index (χ2n) is 4.02. The normalized spacial score (nSPS) is 12.4. The van der Waals surface area contributed by atoms with Gasteiger partial charge in [0, 0.05) is 22.6 Å². The minimum Gasteiger partial charge on any atom is -0.330 e. The third-order valence-electron chi connectivity index (χ3n) is 2.71. The molecule has 0 saturated carbocycles. The van der Waals surface area contributed by atoms with Gasteiger partial charge in [-0.3, -0.25) is 10.1 Å². The lowest BCUT2D eigenvalue weighted by Gasteiger charge is -2.11. The lowest BCUT2D eigenvalue weighted by Crippen LogP contribution is -2.07. The first-order valence-corrected chi connectivity index (χ1v) is 6.65. The van der Waals surface area contributed by atoms with Gasteiger partial charge in [-0.15, -0.1) is 0 Å². The maximum atomic E-state index is 10.8. The quantitative estimate of drug-likeness (QED) is 0.626. The van der Waals surface area contributed by atoms with Gasteiger partial charge in [-0.1, -0.05) is 19.1 Å². The second kappa shape index (κ2) is 6.61. The van der Waals surface area contributed by atoms with Crippen molar-refractivity contribution >= 4 is 17.4 Å². The maximum Gasteiger partial charge on any atom is 0.272 e. The van der Waals surface area contributed by atoms with Crippen molar-refractivity contribution in [3.8, 4) is 0 Å². The van der Waals surface area contributed by atoms with Gasteiger partial charge in [0.25, 0.3) is 5.69 Å². The first kappa shape index (κ1) is 14.0. The predicted octanol–water partition coefficient (Wildman–Crippen LogP) is 2.87. The Labute approximate surface area is 106 Å². The van der Waals surface area contributed by atoms with Crippen LogP contribution in [0.15, 0.2) is 18.2 Å². The molecule has 94 valence electrons. The fraction of sp³-hybridized carbons (Fsp3) is 0.500. The summed E-state index contributed by atoms with van der Waals surface area (Å²) in [6, 6.07) is 5.24. The minimum atomic E-state index is -0.327. The van der Waals surface area contributed by atoms with E-state index in [2.05, 4.69) is 6.92 Å². The van der Waals surface area contributed by atoms with E-state index in [9.17, 15) is 10.1 Å². The molecule has 0 bridgehead atoms. The molecule has 0 fully saturated rings. The van der Waals surface area contributed by atoms with Crippen LogP contribution in [-0.4, -0.2) is 16.7 Å². The summed E-state index contributed by atoms with van der Waals surface area (Å²) in [5.74, 6) is 0.800. The lowest BCUT2D eigenvalue weighted by atomic mass is 10.1. The smallest absolute Gasteiger partial charge is 0.272 e. The Balaban J connectivity index is 2.72.